The highest BCUT2D eigenvalue weighted by Gasteiger charge is 2.18. The van der Waals surface area contributed by atoms with Crippen molar-refractivity contribution in [2.24, 2.45) is 0 Å². The van der Waals surface area contributed by atoms with E-state index in [1.807, 2.05) is 37.3 Å². The Balaban J connectivity index is 1.90. The molecule has 0 saturated carbocycles. The van der Waals surface area contributed by atoms with Crippen LogP contribution in [-0.4, -0.2) is 30.0 Å². The Hall–Kier alpha value is -1.94. The fraction of sp³-hybridized carbons (Fsp3) is 0.375. The van der Waals surface area contributed by atoms with Crippen molar-refractivity contribution in [3.8, 4) is 0 Å². The number of nitrogens with one attached hydrogen (secondary N) is 2. The Morgan fingerprint density at radius 2 is 2.25 bits per heavy atom. The van der Waals surface area contributed by atoms with Gasteiger partial charge in [0.2, 0.25) is 0 Å². The molecule has 2 N–H and O–H groups in total. The summed E-state index contributed by atoms with van der Waals surface area (Å²) in [4.78, 5) is 17.0. The van der Waals surface area contributed by atoms with Crippen molar-refractivity contribution in [3.63, 3.8) is 0 Å². The van der Waals surface area contributed by atoms with Gasteiger partial charge in [0.25, 0.3) is 5.91 Å². The Labute approximate surface area is 118 Å². The number of nitrogens with zero attached hydrogens (tertiary/aromatic N) is 1. The van der Waals surface area contributed by atoms with Gasteiger partial charge in [0.05, 0.1) is 11.1 Å². The number of fused-ring (bicyclic) bond motifs is 1. The number of hydrogen-bond acceptors (Lipinski definition) is 3. The number of aryl methyl sites for hydroxylation is 1. The average Bonchev–Trinajstić information content (AvgIpc) is 2.47. The van der Waals surface area contributed by atoms with E-state index in [9.17, 15) is 4.79 Å². The monoisotopic (exact) mass is 269 g/mol. The molecule has 1 aliphatic heterocycles. The maximum atomic E-state index is 12.5. The standard InChI is InChI=1S/C16H19N3O/c1-11-9-14(13-6-2-3-7-15(13)18-11)16(20)19-12-5-4-8-17-10-12/h2-3,6-7,9,12,17H,4-5,8,10H2,1H3,(H,19,20)/t12-/m1/s1. The third-order valence-corrected chi connectivity index (χ3v) is 3.72. The lowest BCUT2D eigenvalue weighted by Gasteiger charge is -2.24. The summed E-state index contributed by atoms with van der Waals surface area (Å²) in [6.45, 7) is 3.82. The summed E-state index contributed by atoms with van der Waals surface area (Å²) in [6, 6.07) is 9.88. The highest BCUT2D eigenvalue weighted by atomic mass is 16.1. The van der Waals surface area contributed by atoms with Crippen LogP contribution in [0.25, 0.3) is 10.9 Å². The van der Waals surface area contributed by atoms with E-state index >= 15 is 0 Å². The largest absolute Gasteiger partial charge is 0.348 e. The van der Waals surface area contributed by atoms with Gasteiger partial charge in [0.15, 0.2) is 0 Å². The molecular weight excluding hydrogens is 250 g/mol. The molecule has 4 nitrogen and oxygen atoms in total. The number of para-hydroxylation sites is 1. The van der Waals surface area contributed by atoms with Gasteiger partial charge >= 0.3 is 0 Å². The molecule has 1 aliphatic rings. The minimum Gasteiger partial charge on any atom is -0.348 e. The molecule has 1 saturated heterocycles. The molecule has 1 fully saturated rings. The number of amides is 1. The molecule has 104 valence electrons. The normalized spacial score (nSPS) is 18.9. The van der Waals surface area contributed by atoms with Crippen LogP contribution in [0, 0.1) is 6.92 Å². The maximum absolute atomic E-state index is 12.5. The van der Waals surface area contributed by atoms with Gasteiger partial charge in [0, 0.05) is 23.7 Å². The average molecular weight is 269 g/mol. The van der Waals surface area contributed by atoms with Gasteiger partial charge in [-0.15, -0.1) is 0 Å². The summed E-state index contributed by atoms with van der Waals surface area (Å²) in [5.74, 6) is 0.000370. The Kier molecular flexibility index (Phi) is 3.65. The van der Waals surface area contributed by atoms with Crippen LogP contribution < -0.4 is 10.6 Å². The minimum atomic E-state index is 0.000370. The molecule has 2 heterocycles. The molecule has 20 heavy (non-hydrogen) atoms. The van der Waals surface area contributed by atoms with E-state index in [2.05, 4.69) is 15.6 Å². The fourth-order valence-electron chi connectivity index (χ4n) is 2.73. The summed E-state index contributed by atoms with van der Waals surface area (Å²) in [6.07, 6.45) is 2.15. The fourth-order valence-corrected chi connectivity index (χ4v) is 2.73. The Bertz CT molecular complexity index is 633. The van der Waals surface area contributed by atoms with Crippen molar-refractivity contribution >= 4 is 16.8 Å². The van der Waals surface area contributed by atoms with Gasteiger partial charge < -0.3 is 10.6 Å². The summed E-state index contributed by atoms with van der Waals surface area (Å²) >= 11 is 0. The first kappa shape index (κ1) is 13.1. The van der Waals surface area contributed by atoms with Gasteiger partial charge in [-0.05, 0) is 38.4 Å². The first-order valence-corrected chi connectivity index (χ1v) is 7.12. The van der Waals surface area contributed by atoms with Crippen molar-refractivity contribution in [1.82, 2.24) is 15.6 Å². The maximum Gasteiger partial charge on any atom is 0.252 e. The van der Waals surface area contributed by atoms with E-state index in [4.69, 9.17) is 0 Å². The van der Waals surface area contributed by atoms with E-state index < -0.39 is 0 Å². The van der Waals surface area contributed by atoms with Gasteiger partial charge in [-0.2, -0.15) is 0 Å². The molecule has 3 rings (SSSR count). The van der Waals surface area contributed by atoms with Crippen LogP contribution in [0.3, 0.4) is 0 Å². The first-order valence-electron chi connectivity index (χ1n) is 7.12. The highest BCUT2D eigenvalue weighted by molar-refractivity contribution is 6.06. The summed E-state index contributed by atoms with van der Waals surface area (Å²) in [5.41, 5.74) is 2.47. The van der Waals surface area contributed by atoms with Gasteiger partial charge in [0.1, 0.15) is 0 Å². The van der Waals surface area contributed by atoms with E-state index in [-0.39, 0.29) is 11.9 Å². The molecule has 4 heteroatoms. The third-order valence-electron chi connectivity index (χ3n) is 3.72. The van der Waals surface area contributed by atoms with Crippen molar-refractivity contribution in [3.05, 3.63) is 41.6 Å². The lowest BCUT2D eigenvalue weighted by Crippen LogP contribution is -2.45. The second-order valence-corrected chi connectivity index (χ2v) is 5.35. The molecular formula is C16H19N3O. The molecule has 0 unspecified atom stereocenters. The van der Waals surface area contributed by atoms with Crippen LogP contribution in [0.5, 0.6) is 0 Å². The lowest BCUT2D eigenvalue weighted by molar-refractivity contribution is 0.0932. The highest BCUT2D eigenvalue weighted by Crippen LogP contribution is 2.18. The number of carbonyl (C=O) groups excluding carboxylic acids is 1. The quantitative estimate of drug-likeness (QED) is 0.877. The second kappa shape index (κ2) is 5.59. The molecule has 0 radical (unpaired) electrons. The van der Waals surface area contributed by atoms with Crippen LogP contribution in [-0.2, 0) is 0 Å². The number of piperidine rings is 1. The summed E-state index contributed by atoms with van der Waals surface area (Å²) in [5, 5.41) is 7.35. The second-order valence-electron chi connectivity index (χ2n) is 5.35. The van der Waals surface area contributed by atoms with Gasteiger partial charge in [-0.25, -0.2) is 0 Å². The zero-order valence-electron chi connectivity index (χ0n) is 11.6. The lowest BCUT2D eigenvalue weighted by atomic mass is 10.0. The number of rotatable bonds is 2. The smallest absolute Gasteiger partial charge is 0.252 e. The Morgan fingerprint density at radius 1 is 1.40 bits per heavy atom. The van der Waals surface area contributed by atoms with Gasteiger partial charge in [-0.1, -0.05) is 18.2 Å². The summed E-state index contributed by atoms with van der Waals surface area (Å²) in [7, 11) is 0. The molecule has 1 amide bonds. The predicted molar refractivity (Wildman–Crippen MR) is 79.8 cm³/mol. The number of aromatic nitrogens is 1. The molecule has 0 spiro atoms. The van der Waals surface area contributed by atoms with Crippen LogP contribution >= 0.6 is 0 Å². The summed E-state index contributed by atoms with van der Waals surface area (Å²) < 4.78 is 0. The van der Waals surface area contributed by atoms with E-state index in [1.165, 1.54) is 0 Å². The minimum absolute atomic E-state index is 0.000370. The van der Waals surface area contributed by atoms with Crippen LogP contribution in [0.15, 0.2) is 30.3 Å². The molecule has 1 aromatic carbocycles. The topological polar surface area (TPSA) is 54.0 Å². The van der Waals surface area contributed by atoms with Crippen molar-refractivity contribution in [1.29, 1.82) is 0 Å². The molecule has 0 bridgehead atoms. The first-order chi connectivity index (χ1) is 9.74. The number of benzene rings is 1. The zero-order valence-corrected chi connectivity index (χ0v) is 11.6. The molecule has 0 aliphatic carbocycles. The van der Waals surface area contributed by atoms with Gasteiger partial charge in [-0.3, -0.25) is 9.78 Å². The Morgan fingerprint density at radius 3 is 3.05 bits per heavy atom. The van der Waals surface area contributed by atoms with Crippen molar-refractivity contribution in [2.45, 2.75) is 25.8 Å². The van der Waals surface area contributed by atoms with Crippen molar-refractivity contribution < 1.29 is 4.79 Å². The molecule has 1 atom stereocenters. The number of hydrogen-bond donors (Lipinski definition) is 2. The van der Waals surface area contributed by atoms with Crippen LogP contribution in [0.4, 0.5) is 0 Å². The number of carbonyl (C=O) groups is 1. The van der Waals surface area contributed by atoms with E-state index in [0.29, 0.717) is 0 Å². The number of pyridine rings is 1. The molecule has 2 aromatic rings. The van der Waals surface area contributed by atoms with E-state index in [0.717, 1.165) is 48.1 Å². The third kappa shape index (κ3) is 2.65. The van der Waals surface area contributed by atoms with Crippen LogP contribution in [0.2, 0.25) is 0 Å². The predicted octanol–water partition coefficient (Wildman–Crippen LogP) is 2.03. The zero-order chi connectivity index (χ0) is 13.9. The SMILES string of the molecule is Cc1cc(C(=O)N[C@@H]2CCCNC2)c2ccccc2n1. The van der Waals surface area contributed by atoms with E-state index in [1.54, 1.807) is 0 Å². The van der Waals surface area contributed by atoms with Crippen molar-refractivity contribution in [2.75, 3.05) is 13.1 Å². The van der Waals surface area contributed by atoms with Crippen LogP contribution in [0.1, 0.15) is 28.9 Å². The molecule has 1 aromatic heterocycles.